The van der Waals surface area contributed by atoms with E-state index >= 15 is 0 Å². The van der Waals surface area contributed by atoms with Crippen molar-refractivity contribution in [1.82, 2.24) is 10.3 Å². The fourth-order valence-electron chi connectivity index (χ4n) is 2.03. The molecule has 1 aliphatic rings. The monoisotopic (exact) mass is 220 g/mol. The van der Waals surface area contributed by atoms with E-state index in [2.05, 4.69) is 22.4 Å². The van der Waals surface area contributed by atoms with Crippen LogP contribution in [0.3, 0.4) is 0 Å². The molecule has 3 nitrogen and oxygen atoms in total. The van der Waals surface area contributed by atoms with Crippen molar-refractivity contribution in [3.8, 4) is 0 Å². The molecule has 3 heteroatoms. The number of aryl methyl sites for hydroxylation is 1. The average Bonchev–Trinajstić information content (AvgIpc) is 2.83. The summed E-state index contributed by atoms with van der Waals surface area (Å²) < 4.78 is 5.68. The summed E-state index contributed by atoms with van der Waals surface area (Å²) in [5.41, 5.74) is 1.35. The van der Waals surface area contributed by atoms with Crippen molar-refractivity contribution in [2.45, 2.75) is 19.3 Å². The molecular formula is C13H20N2O. The largest absolute Gasteiger partial charge is 0.381 e. The van der Waals surface area contributed by atoms with Gasteiger partial charge in [-0.15, -0.1) is 0 Å². The van der Waals surface area contributed by atoms with Gasteiger partial charge in [-0.1, -0.05) is 0 Å². The molecule has 16 heavy (non-hydrogen) atoms. The lowest BCUT2D eigenvalue weighted by Crippen LogP contribution is -2.14. The molecule has 1 saturated heterocycles. The SMILES string of the molecule is c1cc(CCCOCC2CCNC2)ccn1. The molecule has 0 amide bonds. The van der Waals surface area contributed by atoms with Crippen molar-refractivity contribution in [3.05, 3.63) is 30.1 Å². The van der Waals surface area contributed by atoms with Gasteiger partial charge in [0.25, 0.3) is 0 Å². The number of ether oxygens (including phenoxy) is 1. The van der Waals surface area contributed by atoms with Gasteiger partial charge in [0.1, 0.15) is 0 Å². The Labute approximate surface area is 97.2 Å². The zero-order valence-corrected chi connectivity index (χ0v) is 9.69. The number of rotatable bonds is 6. The summed E-state index contributed by atoms with van der Waals surface area (Å²) in [6.07, 6.45) is 7.15. The van der Waals surface area contributed by atoms with E-state index in [0.717, 1.165) is 45.1 Å². The van der Waals surface area contributed by atoms with Crippen LogP contribution >= 0.6 is 0 Å². The molecule has 1 aromatic rings. The molecule has 1 atom stereocenters. The second-order valence-electron chi connectivity index (χ2n) is 4.39. The van der Waals surface area contributed by atoms with Gasteiger partial charge in [0, 0.05) is 25.5 Å². The highest BCUT2D eigenvalue weighted by Crippen LogP contribution is 2.08. The second kappa shape index (κ2) is 6.61. The van der Waals surface area contributed by atoms with Gasteiger partial charge in [0.2, 0.25) is 0 Å². The third kappa shape index (κ3) is 3.91. The highest BCUT2D eigenvalue weighted by Gasteiger charge is 2.13. The van der Waals surface area contributed by atoms with Crippen LogP contribution in [0.5, 0.6) is 0 Å². The number of nitrogens with zero attached hydrogens (tertiary/aromatic N) is 1. The Bertz CT molecular complexity index is 283. The van der Waals surface area contributed by atoms with Gasteiger partial charge in [-0.05, 0) is 49.4 Å². The summed E-state index contributed by atoms with van der Waals surface area (Å²) in [6, 6.07) is 4.14. The Hall–Kier alpha value is -0.930. The number of nitrogens with one attached hydrogen (secondary N) is 1. The number of hydrogen-bond donors (Lipinski definition) is 1. The molecule has 0 aliphatic carbocycles. The van der Waals surface area contributed by atoms with Gasteiger partial charge < -0.3 is 10.1 Å². The molecule has 0 aromatic carbocycles. The Balaban J connectivity index is 1.52. The van der Waals surface area contributed by atoms with E-state index in [9.17, 15) is 0 Å². The minimum absolute atomic E-state index is 0.737. The molecule has 0 spiro atoms. The van der Waals surface area contributed by atoms with Crippen LogP contribution in [-0.2, 0) is 11.2 Å². The Morgan fingerprint density at radius 3 is 3.00 bits per heavy atom. The molecule has 1 fully saturated rings. The highest BCUT2D eigenvalue weighted by molar-refractivity contribution is 5.09. The van der Waals surface area contributed by atoms with Crippen molar-refractivity contribution in [3.63, 3.8) is 0 Å². The van der Waals surface area contributed by atoms with Gasteiger partial charge in [-0.25, -0.2) is 0 Å². The van der Waals surface area contributed by atoms with Crippen LogP contribution in [-0.4, -0.2) is 31.3 Å². The van der Waals surface area contributed by atoms with Crippen molar-refractivity contribution in [2.75, 3.05) is 26.3 Å². The van der Waals surface area contributed by atoms with E-state index in [1.165, 1.54) is 12.0 Å². The van der Waals surface area contributed by atoms with E-state index in [1.807, 2.05) is 12.4 Å². The topological polar surface area (TPSA) is 34.1 Å². The quantitative estimate of drug-likeness (QED) is 0.740. The molecule has 1 unspecified atom stereocenters. The van der Waals surface area contributed by atoms with E-state index < -0.39 is 0 Å². The van der Waals surface area contributed by atoms with E-state index in [0.29, 0.717) is 0 Å². The average molecular weight is 220 g/mol. The summed E-state index contributed by atoms with van der Waals surface area (Å²) in [7, 11) is 0. The Morgan fingerprint density at radius 2 is 2.25 bits per heavy atom. The zero-order chi connectivity index (χ0) is 11.1. The summed E-state index contributed by atoms with van der Waals surface area (Å²) in [5.74, 6) is 0.737. The Kier molecular flexibility index (Phi) is 4.77. The van der Waals surface area contributed by atoms with Crippen LogP contribution in [0.15, 0.2) is 24.5 Å². The van der Waals surface area contributed by atoms with Crippen LogP contribution < -0.4 is 5.32 Å². The summed E-state index contributed by atoms with van der Waals surface area (Å²) in [6.45, 7) is 4.08. The maximum atomic E-state index is 5.68. The van der Waals surface area contributed by atoms with Crippen LogP contribution in [0.25, 0.3) is 0 Å². The minimum Gasteiger partial charge on any atom is -0.381 e. The Morgan fingerprint density at radius 1 is 1.38 bits per heavy atom. The van der Waals surface area contributed by atoms with Crippen LogP contribution in [0.1, 0.15) is 18.4 Å². The van der Waals surface area contributed by atoms with E-state index in [-0.39, 0.29) is 0 Å². The predicted octanol–water partition coefficient (Wildman–Crippen LogP) is 1.64. The minimum atomic E-state index is 0.737. The maximum Gasteiger partial charge on any atom is 0.0506 e. The zero-order valence-electron chi connectivity index (χ0n) is 9.69. The van der Waals surface area contributed by atoms with Gasteiger partial charge in [0.05, 0.1) is 6.61 Å². The number of aromatic nitrogens is 1. The molecule has 1 aliphatic heterocycles. The van der Waals surface area contributed by atoms with Gasteiger partial charge in [-0.3, -0.25) is 4.98 Å². The van der Waals surface area contributed by atoms with Crippen molar-refractivity contribution in [1.29, 1.82) is 0 Å². The van der Waals surface area contributed by atoms with Crippen LogP contribution in [0, 0.1) is 5.92 Å². The lowest BCUT2D eigenvalue weighted by molar-refractivity contribution is 0.103. The standard InChI is InChI=1S/C13H20N2O/c1(2-12-3-6-14-7-4-12)9-16-11-13-5-8-15-10-13/h3-4,6-7,13,15H,1-2,5,8-11H2. The summed E-state index contributed by atoms with van der Waals surface area (Å²) in [4.78, 5) is 4.00. The van der Waals surface area contributed by atoms with E-state index in [4.69, 9.17) is 4.74 Å². The lowest BCUT2D eigenvalue weighted by atomic mass is 10.1. The van der Waals surface area contributed by atoms with Gasteiger partial charge in [0.15, 0.2) is 0 Å². The second-order valence-corrected chi connectivity index (χ2v) is 4.39. The van der Waals surface area contributed by atoms with Crippen molar-refractivity contribution in [2.24, 2.45) is 5.92 Å². The van der Waals surface area contributed by atoms with E-state index in [1.54, 1.807) is 0 Å². The molecule has 1 aromatic heterocycles. The molecule has 2 rings (SSSR count). The molecule has 0 radical (unpaired) electrons. The molecular weight excluding hydrogens is 200 g/mol. The fraction of sp³-hybridized carbons (Fsp3) is 0.615. The first-order chi connectivity index (χ1) is 7.95. The van der Waals surface area contributed by atoms with Crippen LogP contribution in [0.4, 0.5) is 0 Å². The first-order valence-electron chi connectivity index (χ1n) is 6.12. The normalized spacial score (nSPS) is 20.1. The first kappa shape index (κ1) is 11.6. The number of pyridine rings is 1. The van der Waals surface area contributed by atoms with Gasteiger partial charge >= 0.3 is 0 Å². The molecule has 88 valence electrons. The fourth-order valence-corrected chi connectivity index (χ4v) is 2.03. The lowest BCUT2D eigenvalue weighted by Gasteiger charge is -2.09. The highest BCUT2D eigenvalue weighted by atomic mass is 16.5. The van der Waals surface area contributed by atoms with Crippen molar-refractivity contribution < 1.29 is 4.74 Å². The predicted molar refractivity (Wildman–Crippen MR) is 64.4 cm³/mol. The smallest absolute Gasteiger partial charge is 0.0506 e. The summed E-state index contributed by atoms with van der Waals surface area (Å²) in [5, 5.41) is 3.35. The first-order valence-corrected chi connectivity index (χ1v) is 6.12. The maximum absolute atomic E-state index is 5.68. The third-order valence-corrected chi connectivity index (χ3v) is 3.02. The van der Waals surface area contributed by atoms with Crippen LogP contribution in [0.2, 0.25) is 0 Å². The van der Waals surface area contributed by atoms with Crippen molar-refractivity contribution >= 4 is 0 Å². The molecule has 1 N–H and O–H groups in total. The third-order valence-electron chi connectivity index (χ3n) is 3.02. The van der Waals surface area contributed by atoms with Gasteiger partial charge in [-0.2, -0.15) is 0 Å². The molecule has 2 heterocycles. The molecule has 0 saturated carbocycles. The molecule has 0 bridgehead atoms. The number of hydrogen-bond acceptors (Lipinski definition) is 3. The summed E-state index contributed by atoms with van der Waals surface area (Å²) >= 11 is 0.